The summed E-state index contributed by atoms with van der Waals surface area (Å²) in [6.07, 6.45) is 0.821. The lowest BCUT2D eigenvalue weighted by atomic mass is 10.1. The molecule has 3 rings (SSSR count). The lowest BCUT2D eigenvalue weighted by molar-refractivity contribution is 0.0789. The highest BCUT2D eigenvalue weighted by Gasteiger charge is 2.31. The van der Waals surface area contributed by atoms with Crippen molar-refractivity contribution in [1.29, 1.82) is 0 Å². The Labute approximate surface area is 140 Å². The van der Waals surface area contributed by atoms with Crippen molar-refractivity contribution < 1.29 is 18.8 Å². The van der Waals surface area contributed by atoms with Gasteiger partial charge in [-0.15, -0.1) is 0 Å². The Morgan fingerprint density at radius 2 is 2.25 bits per heavy atom. The van der Waals surface area contributed by atoms with Gasteiger partial charge < -0.3 is 18.9 Å². The minimum absolute atomic E-state index is 0.0323. The van der Waals surface area contributed by atoms with Crippen LogP contribution in [0.4, 0.5) is 0 Å². The smallest absolute Gasteiger partial charge is 0.254 e. The van der Waals surface area contributed by atoms with E-state index in [2.05, 4.69) is 10.1 Å². The average molecular weight is 331 g/mol. The molecule has 1 aliphatic rings. The molecule has 1 aromatic heterocycles. The van der Waals surface area contributed by atoms with Crippen molar-refractivity contribution in [3.05, 3.63) is 35.5 Å². The third kappa shape index (κ3) is 3.20. The second-order valence-electron chi connectivity index (χ2n) is 5.72. The summed E-state index contributed by atoms with van der Waals surface area (Å²) in [4.78, 5) is 18.8. The van der Waals surface area contributed by atoms with Crippen LogP contribution in [-0.2, 0) is 0 Å². The molecule has 1 aromatic carbocycles. The molecule has 0 aliphatic carbocycles. The first-order valence-corrected chi connectivity index (χ1v) is 8.02. The number of hydrogen-bond acceptors (Lipinski definition) is 6. The van der Waals surface area contributed by atoms with Crippen LogP contribution >= 0.6 is 0 Å². The summed E-state index contributed by atoms with van der Waals surface area (Å²) >= 11 is 0. The van der Waals surface area contributed by atoms with Gasteiger partial charge in [-0.1, -0.05) is 5.16 Å². The summed E-state index contributed by atoms with van der Waals surface area (Å²) in [6, 6.07) is 5.25. The molecule has 7 nitrogen and oxygen atoms in total. The first-order chi connectivity index (χ1) is 11.6. The molecule has 1 amide bonds. The molecule has 0 bridgehead atoms. The standard InChI is InChI=1S/C17H21N3O4/c1-4-23-14-6-5-12(9-15(14)22-3)17(21)20-8-7-13(10-20)16-18-11(2)19-24-16/h5-6,9,13H,4,7-8,10H2,1-3H3. The van der Waals surface area contributed by atoms with Gasteiger partial charge in [-0.2, -0.15) is 4.98 Å². The SMILES string of the molecule is CCOc1ccc(C(=O)N2CCC(c3nc(C)no3)C2)cc1OC. The van der Waals surface area contributed by atoms with E-state index in [1.807, 2.05) is 6.92 Å². The Balaban J connectivity index is 1.73. The highest BCUT2D eigenvalue weighted by atomic mass is 16.5. The summed E-state index contributed by atoms with van der Waals surface area (Å²) in [7, 11) is 1.57. The van der Waals surface area contributed by atoms with Crippen molar-refractivity contribution in [3.8, 4) is 11.5 Å². The van der Waals surface area contributed by atoms with E-state index in [0.29, 0.717) is 48.5 Å². The summed E-state index contributed by atoms with van der Waals surface area (Å²) < 4.78 is 16.0. The number of carbonyl (C=O) groups is 1. The molecule has 0 spiro atoms. The number of ether oxygens (including phenoxy) is 2. The largest absolute Gasteiger partial charge is 0.493 e. The van der Waals surface area contributed by atoms with Gasteiger partial charge >= 0.3 is 0 Å². The van der Waals surface area contributed by atoms with Crippen LogP contribution in [0.1, 0.15) is 41.3 Å². The fourth-order valence-electron chi connectivity index (χ4n) is 2.88. The first kappa shape index (κ1) is 16.3. The first-order valence-electron chi connectivity index (χ1n) is 8.02. The van der Waals surface area contributed by atoms with E-state index in [1.54, 1.807) is 37.1 Å². The van der Waals surface area contributed by atoms with Crippen LogP contribution in [0.3, 0.4) is 0 Å². The number of benzene rings is 1. The number of likely N-dealkylation sites (tertiary alicyclic amines) is 1. The number of aromatic nitrogens is 2. The third-order valence-electron chi connectivity index (χ3n) is 4.08. The van der Waals surface area contributed by atoms with Crippen LogP contribution in [0.2, 0.25) is 0 Å². The third-order valence-corrected chi connectivity index (χ3v) is 4.08. The molecule has 1 unspecified atom stereocenters. The zero-order valence-electron chi connectivity index (χ0n) is 14.1. The van der Waals surface area contributed by atoms with Gasteiger partial charge in [-0.3, -0.25) is 4.79 Å². The molecular weight excluding hydrogens is 310 g/mol. The Morgan fingerprint density at radius 3 is 2.92 bits per heavy atom. The lowest BCUT2D eigenvalue weighted by Gasteiger charge is -2.17. The number of hydrogen-bond donors (Lipinski definition) is 0. The number of rotatable bonds is 5. The normalized spacial score (nSPS) is 17.1. The van der Waals surface area contributed by atoms with Gasteiger partial charge in [0.05, 0.1) is 19.6 Å². The Hall–Kier alpha value is -2.57. The Morgan fingerprint density at radius 1 is 1.42 bits per heavy atom. The lowest BCUT2D eigenvalue weighted by Crippen LogP contribution is -2.28. The predicted molar refractivity (Wildman–Crippen MR) is 86.5 cm³/mol. The summed E-state index contributed by atoms with van der Waals surface area (Å²) in [5, 5.41) is 3.82. The van der Waals surface area contributed by atoms with Crippen LogP contribution < -0.4 is 9.47 Å². The van der Waals surface area contributed by atoms with Crippen molar-refractivity contribution in [2.75, 3.05) is 26.8 Å². The number of amides is 1. The fraction of sp³-hybridized carbons (Fsp3) is 0.471. The Kier molecular flexibility index (Phi) is 4.69. The molecule has 0 N–H and O–H groups in total. The fourth-order valence-corrected chi connectivity index (χ4v) is 2.88. The predicted octanol–water partition coefficient (Wildman–Crippen LogP) is 2.42. The average Bonchev–Trinajstić information content (AvgIpc) is 3.23. The molecule has 24 heavy (non-hydrogen) atoms. The van der Waals surface area contributed by atoms with Crippen LogP contribution in [0.5, 0.6) is 11.5 Å². The molecule has 1 fully saturated rings. The second kappa shape index (κ2) is 6.90. The number of methoxy groups -OCH3 is 1. The van der Waals surface area contributed by atoms with E-state index >= 15 is 0 Å². The van der Waals surface area contributed by atoms with Gasteiger partial charge in [-0.05, 0) is 38.5 Å². The number of carbonyl (C=O) groups excluding carboxylic acids is 1. The van der Waals surface area contributed by atoms with Crippen LogP contribution in [0, 0.1) is 6.92 Å². The van der Waals surface area contributed by atoms with E-state index in [9.17, 15) is 4.79 Å². The molecule has 2 heterocycles. The van der Waals surface area contributed by atoms with Crippen LogP contribution in [0.25, 0.3) is 0 Å². The topological polar surface area (TPSA) is 77.7 Å². The van der Waals surface area contributed by atoms with E-state index in [4.69, 9.17) is 14.0 Å². The molecule has 0 radical (unpaired) electrons. The molecule has 2 aromatic rings. The zero-order chi connectivity index (χ0) is 17.1. The number of aryl methyl sites for hydroxylation is 1. The molecular formula is C17H21N3O4. The highest BCUT2D eigenvalue weighted by molar-refractivity contribution is 5.95. The summed E-state index contributed by atoms with van der Waals surface area (Å²) in [5.74, 6) is 2.48. The van der Waals surface area contributed by atoms with Gasteiger partial charge in [0, 0.05) is 18.7 Å². The molecule has 1 saturated heterocycles. The van der Waals surface area contributed by atoms with Crippen molar-refractivity contribution >= 4 is 5.91 Å². The minimum Gasteiger partial charge on any atom is -0.493 e. The van der Waals surface area contributed by atoms with Crippen molar-refractivity contribution in [1.82, 2.24) is 15.0 Å². The molecule has 0 saturated carbocycles. The van der Waals surface area contributed by atoms with Crippen LogP contribution in [-0.4, -0.2) is 47.8 Å². The maximum absolute atomic E-state index is 12.7. The number of nitrogens with zero attached hydrogens (tertiary/aromatic N) is 3. The van der Waals surface area contributed by atoms with Gasteiger partial charge in [0.2, 0.25) is 5.89 Å². The van der Waals surface area contributed by atoms with Crippen molar-refractivity contribution in [2.45, 2.75) is 26.2 Å². The van der Waals surface area contributed by atoms with E-state index in [-0.39, 0.29) is 11.8 Å². The van der Waals surface area contributed by atoms with Gasteiger partial charge in [-0.25, -0.2) is 0 Å². The quantitative estimate of drug-likeness (QED) is 0.837. The zero-order valence-corrected chi connectivity index (χ0v) is 14.1. The van der Waals surface area contributed by atoms with Gasteiger partial charge in [0.25, 0.3) is 5.91 Å². The Bertz CT molecular complexity index is 728. The minimum atomic E-state index is -0.0323. The van der Waals surface area contributed by atoms with E-state index in [0.717, 1.165) is 6.42 Å². The van der Waals surface area contributed by atoms with Gasteiger partial charge in [0.1, 0.15) is 0 Å². The van der Waals surface area contributed by atoms with Gasteiger partial charge in [0.15, 0.2) is 17.3 Å². The monoisotopic (exact) mass is 331 g/mol. The van der Waals surface area contributed by atoms with Crippen LogP contribution in [0.15, 0.2) is 22.7 Å². The second-order valence-corrected chi connectivity index (χ2v) is 5.72. The molecule has 128 valence electrons. The molecule has 1 aliphatic heterocycles. The maximum Gasteiger partial charge on any atom is 0.254 e. The van der Waals surface area contributed by atoms with Crippen molar-refractivity contribution in [3.63, 3.8) is 0 Å². The van der Waals surface area contributed by atoms with E-state index in [1.165, 1.54) is 0 Å². The maximum atomic E-state index is 12.7. The summed E-state index contributed by atoms with van der Waals surface area (Å²) in [6.45, 7) is 5.48. The summed E-state index contributed by atoms with van der Waals surface area (Å²) in [5.41, 5.74) is 0.581. The molecule has 1 atom stereocenters. The van der Waals surface area contributed by atoms with E-state index < -0.39 is 0 Å². The highest BCUT2D eigenvalue weighted by Crippen LogP contribution is 2.31. The van der Waals surface area contributed by atoms with Crippen molar-refractivity contribution in [2.24, 2.45) is 0 Å². The molecule has 7 heteroatoms.